The van der Waals surface area contributed by atoms with Crippen LogP contribution in [0.2, 0.25) is 0 Å². The van der Waals surface area contributed by atoms with E-state index in [1.807, 2.05) is 18.2 Å². The van der Waals surface area contributed by atoms with Crippen LogP contribution in [0.15, 0.2) is 60.7 Å². The normalized spacial score (nSPS) is 33.8. The number of rotatable bonds is 2. The van der Waals surface area contributed by atoms with Gasteiger partial charge in [-0.1, -0.05) is 89.6 Å². The molecule has 39 heavy (non-hydrogen) atoms. The highest BCUT2D eigenvalue weighted by molar-refractivity contribution is 6.06. The molecule has 0 aromatic heterocycles. The zero-order chi connectivity index (χ0) is 27.6. The van der Waals surface area contributed by atoms with Gasteiger partial charge in [-0.15, -0.1) is 0 Å². The maximum absolute atomic E-state index is 14.1. The SMILES string of the molecule is CC(C)(C)c1ccc(-c2ccccc2)cc1NC(=O)N1C(=O)C=C[C@]2(C)[C@H]3CC[C@]4(C)CCC[C@H]4[C@@H]3CC[C@@H]12. The van der Waals surface area contributed by atoms with E-state index in [1.165, 1.54) is 32.1 Å². The average molecular weight is 525 g/mol. The summed E-state index contributed by atoms with van der Waals surface area (Å²) in [5.74, 6) is 1.83. The topological polar surface area (TPSA) is 49.4 Å². The summed E-state index contributed by atoms with van der Waals surface area (Å²) in [7, 11) is 0. The Hall–Kier alpha value is -2.88. The van der Waals surface area contributed by atoms with Crippen molar-refractivity contribution in [2.24, 2.45) is 28.6 Å². The summed E-state index contributed by atoms with van der Waals surface area (Å²) in [5.41, 5.74) is 4.16. The molecule has 0 saturated heterocycles. The third-order valence-corrected chi connectivity index (χ3v) is 11.0. The van der Waals surface area contributed by atoms with Gasteiger partial charge in [-0.25, -0.2) is 4.79 Å². The summed E-state index contributed by atoms with van der Waals surface area (Å²) >= 11 is 0. The van der Waals surface area contributed by atoms with E-state index in [4.69, 9.17) is 0 Å². The van der Waals surface area contributed by atoms with Crippen LogP contribution >= 0.6 is 0 Å². The number of anilines is 1. The molecule has 3 fully saturated rings. The predicted molar refractivity (Wildman–Crippen MR) is 158 cm³/mol. The Morgan fingerprint density at radius 1 is 0.923 bits per heavy atom. The quantitative estimate of drug-likeness (QED) is 0.428. The molecule has 1 N–H and O–H groups in total. The van der Waals surface area contributed by atoms with Crippen LogP contribution in [-0.2, 0) is 10.2 Å². The molecular formula is C35H44N2O2. The van der Waals surface area contributed by atoms with Gasteiger partial charge in [0.05, 0.1) is 6.04 Å². The molecule has 0 bridgehead atoms. The van der Waals surface area contributed by atoms with E-state index >= 15 is 0 Å². The number of fused-ring (bicyclic) bond motifs is 5. The van der Waals surface area contributed by atoms with Crippen molar-refractivity contribution in [3.63, 3.8) is 0 Å². The highest BCUT2D eigenvalue weighted by Crippen LogP contribution is 2.64. The van der Waals surface area contributed by atoms with Crippen molar-refractivity contribution in [2.75, 3.05) is 5.32 Å². The van der Waals surface area contributed by atoms with Crippen LogP contribution in [-0.4, -0.2) is 22.9 Å². The second kappa shape index (κ2) is 9.35. The van der Waals surface area contributed by atoms with Gasteiger partial charge in [0.25, 0.3) is 5.91 Å². The van der Waals surface area contributed by atoms with Gasteiger partial charge in [0.15, 0.2) is 0 Å². The molecule has 0 spiro atoms. The van der Waals surface area contributed by atoms with Gasteiger partial charge >= 0.3 is 6.03 Å². The fraction of sp³-hybridized carbons (Fsp3) is 0.543. The average Bonchev–Trinajstić information content (AvgIpc) is 3.30. The molecule has 206 valence electrons. The first-order valence-electron chi connectivity index (χ1n) is 15.0. The van der Waals surface area contributed by atoms with E-state index < -0.39 is 0 Å². The lowest BCUT2D eigenvalue weighted by atomic mass is 9.48. The molecule has 6 rings (SSSR count). The van der Waals surface area contributed by atoms with E-state index in [9.17, 15) is 9.59 Å². The molecule has 2 aromatic carbocycles. The summed E-state index contributed by atoms with van der Waals surface area (Å²) in [5, 5.41) is 3.22. The number of carbonyl (C=O) groups is 2. The third-order valence-electron chi connectivity index (χ3n) is 11.0. The van der Waals surface area contributed by atoms with E-state index in [1.54, 1.807) is 11.0 Å². The first-order valence-corrected chi connectivity index (χ1v) is 15.0. The molecule has 3 aliphatic carbocycles. The van der Waals surface area contributed by atoms with Gasteiger partial charge in [-0.2, -0.15) is 0 Å². The number of carbonyl (C=O) groups excluding carboxylic acids is 2. The zero-order valence-corrected chi connectivity index (χ0v) is 24.3. The predicted octanol–water partition coefficient (Wildman–Crippen LogP) is 8.58. The minimum Gasteiger partial charge on any atom is -0.307 e. The number of imide groups is 1. The van der Waals surface area contributed by atoms with Crippen molar-refractivity contribution in [2.45, 2.75) is 91.0 Å². The highest BCUT2D eigenvalue weighted by atomic mass is 16.2. The molecular weight excluding hydrogens is 480 g/mol. The van der Waals surface area contributed by atoms with Crippen LogP contribution in [0.5, 0.6) is 0 Å². The molecule has 1 heterocycles. The summed E-state index contributed by atoms with van der Waals surface area (Å²) in [6.45, 7) is 11.3. The Bertz CT molecular complexity index is 1310. The molecule has 4 heteroatoms. The fourth-order valence-electron chi connectivity index (χ4n) is 9.02. The molecule has 2 aromatic rings. The number of benzene rings is 2. The van der Waals surface area contributed by atoms with Gasteiger partial charge in [0.1, 0.15) is 0 Å². The van der Waals surface area contributed by atoms with Gasteiger partial charge in [-0.3, -0.25) is 9.69 Å². The maximum atomic E-state index is 14.1. The summed E-state index contributed by atoms with van der Waals surface area (Å²) in [4.78, 5) is 29.0. The second-order valence-electron chi connectivity index (χ2n) is 14.3. The number of nitrogens with one attached hydrogen (secondary N) is 1. The first kappa shape index (κ1) is 26.3. The van der Waals surface area contributed by atoms with E-state index in [2.05, 4.69) is 76.3 Å². The van der Waals surface area contributed by atoms with Crippen LogP contribution in [0.3, 0.4) is 0 Å². The molecule has 3 saturated carbocycles. The lowest BCUT2D eigenvalue weighted by Gasteiger charge is -2.59. The Morgan fingerprint density at radius 2 is 1.69 bits per heavy atom. The maximum Gasteiger partial charge on any atom is 0.329 e. The third kappa shape index (κ3) is 4.35. The van der Waals surface area contributed by atoms with Crippen molar-refractivity contribution < 1.29 is 9.59 Å². The van der Waals surface area contributed by atoms with Crippen LogP contribution in [0.4, 0.5) is 10.5 Å². The number of amides is 3. The number of hydrogen-bond donors (Lipinski definition) is 1. The highest BCUT2D eigenvalue weighted by Gasteiger charge is 2.59. The lowest BCUT2D eigenvalue weighted by molar-refractivity contribution is -0.134. The Kier molecular flexibility index (Phi) is 6.32. The standard InChI is InChI=1S/C35H44N2O2/c1-33(2,3)28-15-13-24(23-10-7-6-8-11-23)22-29(28)36-32(39)37-30-16-14-25-26-12-9-19-34(26,4)20-17-27(25)35(30,5)21-18-31(37)38/h6-8,10-11,13,15,18,21-22,25-27,30H,9,12,14,16-17,19-20H2,1-5H3,(H,36,39)/t25-,26-,27-,30+,34-,35+/m0/s1. The van der Waals surface area contributed by atoms with Crippen LogP contribution in [0.1, 0.15) is 85.1 Å². The fourth-order valence-corrected chi connectivity index (χ4v) is 9.02. The van der Waals surface area contributed by atoms with Crippen molar-refractivity contribution in [1.29, 1.82) is 0 Å². The van der Waals surface area contributed by atoms with Crippen molar-refractivity contribution in [1.82, 2.24) is 4.90 Å². The van der Waals surface area contributed by atoms with Gasteiger partial charge in [0, 0.05) is 17.2 Å². The lowest BCUT2D eigenvalue weighted by Crippen LogP contribution is -2.62. The summed E-state index contributed by atoms with van der Waals surface area (Å²) in [6, 6.07) is 16.1. The molecule has 0 unspecified atom stereocenters. The van der Waals surface area contributed by atoms with Crippen molar-refractivity contribution >= 4 is 17.6 Å². The van der Waals surface area contributed by atoms with Gasteiger partial charge in [-0.05, 0) is 89.9 Å². The molecule has 0 radical (unpaired) electrons. The first-order chi connectivity index (χ1) is 18.5. The van der Waals surface area contributed by atoms with E-state index in [0.29, 0.717) is 17.3 Å². The number of nitrogens with zero attached hydrogens (tertiary/aromatic N) is 1. The Morgan fingerprint density at radius 3 is 2.44 bits per heavy atom. The van der Waals surface area contributed by atoms with Crippen LogP contribution in [0, 0.1) is 28.6 Å². The van der Waals surface area contributed by atoms with Crippen molar-refractivity contribution in [3.05, 3.63) is 66.2 Å². The smallest absolute Gasteiger partial charge is 0.307 e. The zero-order valence-electron chi connectivity index (χ0n) is 24.3. The summed E-state index contributed by atoms with van der Waals surface area (Å²) in [6.07, 6.45) is 12.4. The minimum atomic E-state index is -0.295. The largest absolute Gasteiger partial charge is 0.329 e. The second-order valence-corrected chi connectivity index (χ2v) is 14.3. The van der Waals surface area contributed by atoms with E-state index in [0.717, 1.165) is 41.1 Å². The van der Waals surface area contributed by atoms with Gasteiger partial charge in [0.2, 0.25) is 0 Å². The minimum absolute atomic E-state index is 0.0996. The molecule has 4 aliphatic rings. The number of urea groups is 1. The van der Waals surface area contributed by atoms with Crippen LogP contribution in [0.25, 0.3) is 11.1 Å². The van der Waals surface area contributed by atoms with E-state index in [-0.39, 0.29) is 28.8 Å². The van der Waals surface area contributed by atoms with Crippen molar-refractivity contribution in [3.8, 4) is 11.1 Å². The number of hydrogen-bond acceptors (Lipinski definition) is 2. The molecule has 1 aliphatic heterocycles. The Balaban J connectivity index is 1.31. The van der Waals surface area contributed by atoms with Crippen LogP contribution < -0.4 is 5.32 Å². The molecule has 3 amide bonds. The van der Waals surface area contributed by atoms with Gasteiger partial charge < -0.3 is 5.32 Å². The summed E-state index contributed by atoms with van der Waals surface area (Å²) < 4.78 is 0. The monoisotopic (exact) mass is 524 g/mol. The molecule has 6 atom stereocenters. The Labute approximate surface area is 234 Å². The molecule has 4 nitrogen and oxygen atoms in total.